The Morgan fingerprint density at radius 3 is 2.65 bits per heavy atom. The van der Waals surface area contributed by atoms with E-state index in [1.54, 1.807) is 24.9 Å². The fourth-order valence-electron chi connectivity index (χ4n) is 2.97. The lowest BCUT2D eigenvalue weighted by Crippen LogP contribution is -2.20. The Morgan fingerprint density at radius 2 is 1.92 bits per heavy atom. The third-order valence-electron chi connectivity index (χ3n) is 4.35. The van der Waals surface area contributed by atoms with Gasteiger partial charge in [0.1, 0.15) is 16.9 Å². The van der Waals surface area contributed by atoms with Gasteiger partial charge < -0.3 is 4.98 Å². The first-order valence-electron chi connectivity index (χ1n) is 8.27. The SMILES string of the molecule is CSc1ccc(/C=N/n2c(C)nc3c([nH]c4ccc(C)cc43)c2=O)cc1. The summed E-state index contributed by atoms with van der Waals surface area (Å²) in [6, 6.07) is 14.1. The van der Waals surface area contributed by atoms with Gasteiger partial charge in [0.05, 0.1) is 6.21 Å². The van der Waals surface area contributed by atoms with Crippen LogP contribution < -0.4 is 5.56 Å². The number of nitrogens with one attached hydrogen (secondary N) is 1. The monoisotopic (exact) mass is 362 g/mol. The van der Waals surface area contributed by atoms with Crippen molar-refractivity contribution in [2.24, 2.45) is 5.10 Å². The first-order chi connectivity index (χ1) is 12.6. The third-order valence-corrected chi connectivity index (χ3v) is 5.09. The largest absolute Gasteiger partial charge is 0.349 e. The zero-order chi connectivity index (χ0) is 18.3. The van der Waals surface area contributed by atoms with Gasteiger partial charge in [-0.2, -0.15) is 9.78 Å². The molecule has 0 atom stereocenters. The van der Waals surface area contributed by atoms with Gasteiger partial charge in [-0.05, 0) is 49.9 Å². The molecule has 0 saturated carbocycles. The summed E-state index contributed by atoms with van der Waals surface area (Å²) in [6.45, 7) is 3.82. The van der Waals surface area contributed by atoms with Gasteiger partial charge in [-0.25, -0.2) is 4.98 Å². The Bertz CT molecular complexity index is 1200. The lowest BCUT2D eigenvalue weighted by molar-refractivity contribution is 0.769. The Hall–Kier alpha value is -2.86. The normalized spacial score (nSPS) is 11.8. The molecule has 0 bridgehead atoms. The zero-order valence-electron chi connectivity index (χ0n) is 14.8. The molecule has 0 amide bonds. The van der Waals surface area contributed by atoms with Crippen LogP contribution in [-0.2, 0) is 0 Å². The van der Waals surface area contributed by atoms with Gasteiger partial charge >= 0.3 is 0 Å². The van der Waals surface area contributed by atoms with Gasteiger partial charge in [-0.1, -0.05) is 23.8 Å². The summed E-state index contributed by atoms with van der Waals surface area (Å²) in [5.41, 5.74) is 3.95. The molecule has 26 heavy (non-hydrogen) atoms. The minimum absolute atomic E-state index is 0.196. The molecule has 0 spiro atoms. The highest BCUT2D eigenvalue weighted by Crippen LogP contribution is 2.23. The van der Waals surface area contributed by atoms with Crippen molar-refractivity contribution in [2.75, 3.05) is 6.26 Å². The predicted molar refractivity (Wildman–Crippen MR) is 109 cm³/mol. The molecule has 2 heterocycles. The van der Waals surface area contributed by atoms with Gasteiger partial charge in [0.2, 0.25) is 0 Å². The number of H-pyrrole nitrogens is 1. The summed E-state index contributed by atoms with van der Waals surface area (Å²) in [5.74, 6) is 0.557. The van der Waals surface area contributed by atoms with E-state index in [2.05, 4.69) is 15.1 Å². The van der Waals surface area contributed by atoms with Crippen LogP contribution in [0.4, 0.5) is 0 Å². The molecule has 5 nitrogen and oxygen atoms in total. The molecular formula is C20H18N4OS. The molecule has 4 aromatic rings. The van der Waals surface area contributed by atoms with Crippen LogP contribution in [0.3, 0.4) is 0 Å². The summed E-state index contributed by atoms with van der Waals surface area (Å²) in [4.78, 5) is 21.9. The number of benzene rings is 2. The van der Waals surface area contributed by atoms with Crippen molar-refractivity contribution in [3.05, 3.63) is 69.8 Å². The minimum Gasteiger partial charge on any atom is -0.349 e. The molecular weight excluding hydrogens is 344 g/mol. The Labute approximate surface area is 154 Å². The molecule has 0 aliphatic carbocycles. The topological polar surface area (TPSA) is 63.0 Å². The Morgan fingerprint density at radius 1 is 1.15 bits per heavy atom. The van der Waals surface area contributed by atoms with E-state index in [0.29, 0.717) is 16.9 Å². The molecule has 0 fully saturated rings. The fraction of sp³-hybridized carbons (Fsp3) is 0.150. The van der Waals surface area contributed by atoms with Crippen LogP contribution in [0.2, 0.25) is 0 Å². The second kappa shape index (κ2) is 6.46. The van der Waals surface area contributed by atoms with Gasteiger partial charge in [0.25, 0.3) is 5.56 Å². The average Bonchev–Trinajstić information content (AvgIpc) is 3.00. The van der Waals surface area contributed by atoms with E-state index in [1.165, 1.54) is 9.57 Å². The lowest BCUT2D eigenvalue weighted by Gasteiger charge is -2.03. The molecule has 6 heteroatoms. The first kappa shape index (κ1) is 16.6. The van der Waals surface area contributed by atoms with Gasteiger partial charge in [-0.3, -0.25) is 4.79 Å². The number of aryl methyl sites for hydroxylation is 2. The standard InChI is InChI=1S/C20H18N4OS/c1-12-4-9-17-16(10-12)18-19(23-17)20(25)24(13(2)22-18)21-11-14-5-7-15(26-3)8-6-14/h4-11,23H,1-3H3/b21-11+. The second-order valence-electron chi connectivity index (χ2n) is 6.19. The molecule has 0 aliphatic rings. The zero-order valence-corrected chi connectivity index (χ0v) is 15.6. The maximum atomic E-state index is 12.9. The van der Waals surface area contributed by atoms with Crippen LogP contribution in [0.25, 0.3) is 21.9 Å². The molecule has 2 aromatic carbocycles. The Balaban J connectivity index is 1.83. The lowest BCUT2D eigenvalue weighted by atomic mass is 10.2. The van der Waals surface area contributed by atoms with Crippen LogP contribution in [0.5, 0.6) is 0 Å². The van der Waals surface area contributed by atoms with Crippen molar-refractivity contribution in [3.8, 4) is 0 Å². The first-order valence-corrected chi connectivity index (χ1v) is 9.49. The molecule has 0 aliphatic heterocycles. The van der Waals surface area contributed by atoms with E-state index in [4.69, 9.17) is 0 Å². The molecule has 0 saturated heterocycles. The van der Waals surface area contributed by atoms with Crippen LogP contribution >= 0.6 is 11.8 Å². The molecule has 2 aromatic heterocycles. The van der Waals surface area contributed by atoms with Gasteiger partial charge in [0.15, 0.2) is 0 Å². The van der Waals surface area contributed by atoms with Crippen LogP contribution in [0.15, 0.2) is 57.3 Å². The van der Waals surface area contributed by atoms with Crippen molar-refractivity contribution >= 4 is 39.9 Å². The van der Waals surface area contributed by atoms with Crippen molar-refractivity contribution in [1.29, 1.82) is 0 Å². The summed E-state index contributed by atoms with van der Waals surface area (Å²) < 4.78 is 1.34. The van der Waals surface area contributed by atoms with E-state index in [0.717, 1.165) is 22.0 Å². The van der Waals surface area contributed by atoms with E-state index in [1.807, 2.05) is 55.6 Å². The van der Waals surface area contributed by atoms with Crippen LogP contribution in [0.1, 0.15) is 17.0 Å². The molecule has 1 N–H and O–H groups in total. The smallest absolute Gasteiger partial charge is 0.298 e. The number of aromatic amines is 1. The quantitative estimate of drug-likeness (QED) is 0.441. The highest BCUT2D eigenvalue weighted by atomic mass is 32.2. The highest BCUT2D eigenvalue weighted by Gasteiger charge is 2.13. The van der Waals surface area contributed by atoms with Crippen molar-refractivity contribution in [1.82, 2.24) is 14.6 Å². The van der Waals surface area contributed by atoms with E-state index < -0.39 is 0 Å². The van der Waals surface area contributed by atoms with Crippen molar-refractivity contribution in [2.45, 2.75) is 18.7 Å². The van der Waals surface area contributed by atoms with E-state index >= 15 is 0 Å². The van der Waals surface area contributed by atoms with Crippen molar-refractivity contribution in [3.63, 3.8) is 0 Å². The molecule has 0 unspecified atom stereocenters. The summed E-state index contributed by atoms with van der Waals surface area (Å²) in [6.07, 6.45) is 3.72. The summed E-state index contributed by atoms with van der Waals surface area (Å²) in [5, 5.41) is 5.32. The maximum absolute atomic E-state index is 12.9. The van der Waals surface area contributed by atoms with Crippen LogP contribution in [0, 0.1) is 13.8 Å². The number of nitrogens with zero attached hydrogens (tertiary/aromatic N) is 3. The third kappa shape index (κ3) is 2.82. The highest BCUT2D eigenvalue weighted by molar-refractivity contribution is 7.98. The second-order valence-corrected chi connectivity index (χ2v) is 7.07. The summed E-state index contributed by atoms with van der Waals surface area (Å²) >= 11 is 1.69. The fourth-order valence-corrected chi connectivity index (χ4v) is 3.38. The van der Waals surface area contributed by atoms with Gasteiger partial charge in [-0.15, -0.1) is 11.8 Å². The number of hydrogen-bond donors (Lipinski definition) is 1. The van der Waals surface area contributed by atoms with Gasteiger partial charge in [0, 0.05) is 15.8 Å². The molecule has 0 radical (unpaired) electrons. The molecule has 130 valence electrons. The van der Waals surface area contributed by atoms with Crippen molar-refractivity contribution < 1.29 is 0 Å². The Kier molecular flexibility index (Phi) is 4.12. The average molecular weight is 362 g/mol. The van der Waals surface area contributed by atoms with E-state index in [9.17, 15) is 4.79 Å². The summed E-state index contributed by atoms with van der Waals surface area (Å²) in [7, 11) is 0. The maximum Gasteiger partial charge on any atom is 0.298 e. The number of fused-ring (bicyclic) bond motifs is 3. The molecule has 4 rings (SSSR count). The van der Waals surface area contributed by atoms with Crippen LogP contribution in [-0.4, -0.2) is 27.1 Å². The number of thioether (sulfide) groups is 1. The number of aromatic nitrogens is 3. The minimum atomic E-state index is -0.196. The van der Waals surface area contributed by atoms with E-state index in [-0.39, 0.29) is 5.56 Å². The number of hydrogen-bond acceptors (Lipinski definition) is 4. The predicted octanol–water partition coefficient (Wildman–Crippen LogP) is 4.10. The number of rotatable bonds is 3.